The van der Waals surface area contributed by atoms with Gasteiger partial charge in [0.05, 0.1) is 4.92 Å². The standard InChI is InChI=1S/C24H30N4O3/c1-15(2)14-18-6-8-19(9-7-18)22(16(3)4)25-17(5)23-26-27-24(31-23)20-10-12-21(13-11-20)28(29)30/h6-13,15-17,22,25H,14H2,1-5H3/p+1/t17-,22-/m1/s1. The van der Waals surface area contributed by atoms with E-state index in [1.165, 1.54) is 23.3 Å². The molecule has 164 valence electrons. The first kappa shape index (κ1) is 22.6. The summed E-state index contributed by atoms with van der Waals surface area (Å²) in [6.45, 7) is 10.9. The van der Waals surface area contributed by atoms with E-state index in [9.17, 15) is 10.1 Å². The van der Waals surface area contributed by atoms with E-state index in [4.69, 9.17) is 4.42 Å². The minimum atomic E-state index is -0.429. The minimum absolute atomic E-state index is 0.0259. The Labute approximate surface area is 183 Å². The van der Waals surface area contributed by atoms with E-state index in [1.807, 2.05) is 0 Å². The molecule has 0 aliphatic heterocycles. The lowest BCUT2D eigenvalue weighted by molar-refractivity contribution is -0.739. The zero-order valence-electron chi connectivity index (χ0n) is 18.8. The smallest absolute Gasteiger partial charge is 0.274 e. The molecule has 0 saturated heterocycles. The van der Waals surface area contributed by atoms with Crippen LogP contribution < -0.4 is 5.32 Å². The Morgan fingerprint density at radius 2 is 1.61 bits per heavy atom. The SMILES string of the molecule is CC(C)Cc1ccc([C@H]([NH2+][C@H](C)c2nnc(-c3ccc([N+](=O)[O-])cc3)o2)C(C)C)cc1. The number of nitro benzene ring substituents is 1. The number of nitrogens with zero attached hydrogens (tertiary/aromatic N) is 3. The number of nitro groups is 1. The molecule has 31 heavy (non-hydrogen) atoms. The van der Waals surface area contributed by atoms with Gasteiger partial charge in [0.1, 0.15) is 6.04 Å². The van der Waals surface area contributed by atoms with Crippen LogP contribution in [0, 0.1) is 22.0 Å². The number of hydrogen-bond acceptors (Lipinski definition) is 5. The second-order valence-corrected chi connectivity index (χ2v) is 8.84. The Morgan fingerprint density at radius 1 is 0.968 bits per heavy atom. The largest absolute Gasteiger partial charge is 0.415 e. The van der Waals surface area contributed by atoms with Crippen LogP contribution in [0.1, 0.15) is 63.7 Å². The molecule has 3 rings (SSSR count). The van der Waals surface area contributed by atoms with Crippen LogP contribution in [0.3, 0.4) is 0 Å². The fraction of sp³-hybridized carbons (Fsp3) is 0.417. The van der Waals surface area contributed by atoms with Gasteiger partial charge < -0.3 is 9.73 Å². The summed E-state index contributed by atoms with van der Waals surface area (Å²) in [7, 11) is 0. The summed E-state index contributed by atoms with van der Waals surface area (Å²) in [4.78, 5) is 10.4. The van der Waals surface area contributed by atoms with Gasteiger partial charge in [0.25, 0.3) is 11.6 Å². The molecule has 2 aromatic carbocycles. The van der Waals surface area contributed by atoms with E-state index in [1.54, 1.807) is 12.1 Å². The maximum atomic E-state index is 10.8. The topological polar surface area (TPSA) is 98.7 Å². The second-order valence-electron chi connectivity index (χ2n) is 8.84. The summed E-state index contributed by atoms with van der Waals surface area (Å²) in [6.07, 6.45) is 1.08. The molecule has 0 aliphatic rings. The Balaban J connectivity index is 1.72. The van der Waals surface area contributed by atoms with Crippen molar-refractivity contribution in [2.75, 3.05) is 0 Å². The molecule has 0 unspecified atom stereocenters. The van der Waals surface area contributed by atoms with E-state index >= 15 is 0 Å². The monoisotopic (exact) mass is 423 g/mol. The third kappa shape index (κ3) is 5.76. The molecule has 0 radical (unpaired) electrons. The molecule has 7 nitrogen and oxygen atoms in total. The predicted octanol–water partition coefficient (Wildman–Crippen LogP) is 4.87. The Hall–Kier alpha value is -3.06. The Bertz CT molecular complexity index is 994. The van der Waals surface area contributed by atoms with Crippen molar-refractivity contribution in [3.63, 3.8) is 0 Å². The number of nitrogens with two attached hydrogens (primary N) is 1. The van der Waals surface area contributed by atoms with Gasteiger partial charge in [0.2, 0.25) is 5.89 Å². The summed E-state index contributed by atoms with van der Waals surface area (Å²) in [6, 6.07) is 15.3. The first-order valence-electron chi connectivity index (χ1n) is 10.8. The van der Waals surface area contributed by atoms with Crippen LogP contribution in [0.5, 0.6) is 0 Å². The van der Waals surface area contributed by atoms with Gasteiger partial charge in [-0.3, -0.25) is 10.1 Å². The molecule has 1 heterocycles. The van der Waals surface area contributed by atoms with Crippen LogP contribution in [-0.4, -0.2) is 15.1 Å². The van der Waals surface area contributed by atoms with Crippen LogP contribution in [0.2, 0.25) is 0 Å². The molecule has 2 N–H and O–H groups in total. The Morgan fingerprint density at radius 3 is 2.16 bits per heavy atom. The quantitative estimate of drug-likeness (QED) is 0.391. The number of benzene rings is 2. The van der Waals surface area contributed by atoms with E-state index in [0.29, 0.717) is 29.2 Å². The van der Waals surface area contributed by atoms with Crippen LogP contribution in [0.4, 0.5) is 5.69 Å². The Kier molecular flexibility index (Phi) is 7.17. The third-order valence-corrected chi connectivity index (χ3v) is 5.38. The van der Waals surface area contributed by atoms with Gasteiger partial charge in [-0.05, 0) is 37.0 Å². The summed E-state index contributed by atoms with van der Waals surface area (Å²) < 4.78 is 5.89. The van der Waals surface area contributed by atoms with Crippen molar-refractivity contribution < 1.29 is 14.7 Å². The number of aromatic nitrogens is 2. The number of non-ortho nitro benzene ring substituents is 1. The van der Waals surface area contributed by atoms with Crippen molar-refractivity contribution >= 4 is 5.69 Å². The normalized spacial score (nSPS) is 13.5. The second kappa shape index (κ2) is 9.83. The maximum Gasteiger partial charge on any atom is 0.274 e. The van der Waals surface area contributed by atoms with Crippen molar-refractivity contribution in [2.45, 2.75) is 53.1 Å². The first-order valence-corrected chi connectivity index (χ1v) is 10.8. The van der Waals surface area contributed by atoms with Crippen molar-refractivity contribution in [2.24, 2.45) is 11.8 Å². The maximum absolute atomic E-state index is 10.8. The molecule has 0 saturated carbocycles. The predicted molar refractivity (Wildman–Crippen MR) is 119 cm³/mol. The molecular formula is C24H31N4O3+. The number of quaternary nitrogens is 1. The molecule has 3 aromatic rings. The molecule has 0 amide bonds. The average molecular weight is 424 g/mol. The van der Waals surface area contributed by atoms with E-state index in [2.05, 4.69) is 74.4 Å². The molecular weight excluding hydrogens is 392 g/mol. The van der Waals surface area contributed by atoms with Gasteiger partial charge in [0, 0.05) is 29.2 Å². The van der Waals surface area contributed by atoms with Gasteiger partial charge in [-0.2, -0.15) is 0 Å². The highest BCUT2D eigenvalue weighted by atomic mass is 16.6. The highest BCUT2D eigenvalue weighted by Gasteiger charge is 2.26. The lowest BCUT2D eigenvalue weighted by atomic mass is 9.93. The summed E-state index contributed by atoms with van der Waals surface area (Å²) in [5, 5.41) is 21.5. The highest BCUT2D eigenvalue weighted by molar-refractivity contribution is 5.55. The van der Waals surface area contributed by atoms with Crippen molar-refractivity contribution in [1.82, 2.24) is 10.2 Å². The zero-order chi connectivity index (χ0) is 22.5. The van der Waals surface area contributed by atoms with Crippen molar-refractivity contribution in [3.05, 3.63) is 75.7 Å². The number of hydrogen-bond donors (Lipinski definition) is 1. The third-order valence-electron chi connectivity index (χ3n) is 5.38. The molecule has 7 heteroatoms. The van der Waals surface area contributed by atoms with E-state index in [-0.39, 0.29) is 17.8 Å². The lowest BCUT2D eigenvalue weighted by Crippen LogP contribution is -2.86. The summed E-state index contributed by atoms with van der Waals surface area (Å²) in [5.41, 5.74) is 3.34. The lowest BCUT2D eigenvalue weighted by Gasteiger charge is -2.22. The molecule has 0 spiro atoms. The van der Waals surface area contributed by atoms with Crippen LogP contribution in [-0.2, 0) is 6.42 Å². The summed E-state index contributed by atoms with van der Waals surface area (Å²) >= 11 is 0. The average Bonchev–Trinajstić information content (AvgIpc) is 3.22. The minimum Gasteiger partial charge on any atom is -0.415 e. The molecule has 2 atom stereocenters. The highest BCUT2D eigenvalue weighted by Crippen LogP contribution is 2.24. The first-order chi connectivity index (χ1) is 14.7. The summed E-state index contributed by atoms with van der Waals surface area (Å²) in [5.74, 6) is 1.97. The van der Waals surface area contributed by atoms with Gasteiger partial charge in [0.15, 0.2) is 6.04 Å². The fourth-order valence-electron chi connectivity index (χ4n) is 3.72. The van der Waals surface area contributed by atoms with Crippen LogP contribution >= 0.6 is 0 Å². The molecule has 0 aliphatic carbocycles. The van der Waals surface area contributed by atoms with Gasteiger partial charge in [-0.15, -0.1) is 10.2 Å². The molecule has 1 aromatic heterocycles. The zero-order valence-corrected chi connectivity index (χ0v) is 18.8. The molecule has 0 fully saturated rings. The van der Waals surface area contributed by atoms with Crippen LogP contribution in [0.25, 0.3) is 11.5 Å². The number of rotatable bonds is 9. The van der Waals surface area contributed by atoms with Gasteiger partial charge in [-0.25, -0.2) is 0 Å². The fourth-order valence-corrected chi connectivity index (χ4v) is 3.72. The van der Waals surface area contributed by atoms with Crippen LogP contribution in [0.15, 0.2) is 52.9 Å². The van der Waals surface area contributed by atoms with Gasteiger partial charge >= 0.3 is 0 Å². The van der Waals surface area contributed by atoms with Crippen molar-refractivity contribution in [3.8, 4) is 11.5 Å². The van der Waals surface area contributed by atoms with E-state index < -0.39 is 4.92 Å². The van der Waals surface area contributed by atoms with Crippen molar-refractivity contribution in [1.29, 1.82) is 0 Å². The van der Waals surface area contributed by atoms with Gasteiger partial charge in [-0.1, -0.05) is 52.0 Å². The molecule has 0 bridgehead atoms. The van der Waals surface area contributed by atoms with E-state index in [0.717, 1.165) is 6.42 Å².